The second-order valence-corrected chi connectivity index (χ2v) is 7.89. The van der Waals surface area contributed by atoms with Gasteiger partial charge in [-0.1, -0.05) is 28.5 Å². The Balaban J connectivity index is 1.94. The minimum Gasteiger partial charge on any atom is -0.328 e. The van der Waals surface area contributed by atoms with Gasteiger partial charge in [0.2, 0.25) is 5.91 Å². The molecule has 0 aromatic rings. The SMILES string of the molecule is CCSS[C@@]12CCCN1C(=O)[C@@H]1CCCN1C2=O. The van der Waals surface area contributed by atoms with E-state index in [1.165, 1.54) is 0 Å². The number of carbonyl (C=O) groups is 2. The Morgan fingerprint density at radius 3 is 2.94 bits per heavy atom. The molecule has 0 radical (unpaired) electrons. The maximum absolute atomic E-state index is 12.8. The Morgan fingerprint density at radius 2 is 2.17 bits per heavy atom. The standard InChI is InChI=1S/C12H18N2O2S2/c1-2-17-18-12-6-4-8-14(12)10(15)9-5-3-7-13(9)11(12)16/h9H,2-8H2,1H3/t9-,12+/m0/s1. The van der Waals surface area contributed by atoms with Crippen LogP contribution in [-0.4, -0.2) is 51.4 Å². The number of nitrogens with zero attached hydrogens (tertiary/aromatic N) is 2. The second kappa shape index (κ2) is 4.63. The Morgan fingerprint density at radius 1 is 1.33 bits per heavy atom. The Hall–Kier alpha value is -0.360. The molecule has 2 atom stereocenters. The van der Waals surface area contributed by atoms with Gasteiger partial charge in [-0.15, -0.1) is 0 Å². The molecule has 3 heterocycles. The summed E-state index contributed by atoms with van der Waals surface area (Å²) in [6.45, 7) is 3.61. The van der Waals surface area contributed by atoms with Crippen LogP contribution in [0.5, 0.6) is 0 Å². The van der Waals surface area contributed by atoms with Crippen molar-refractivity contribution in [3.05, 3.63) is 0 Å². The van der Waals surface area contributed by atoms with E-state index in [9.17, 15) is 9.59 Å². The predicted octanol–water partition coefficient (Wildman–Crippen LogP) is 1.71. The highest BCUT2D eigenvalue weighted by Crippen LogP contribution is 2.50. The van der Waals surface area contributed by atoms with Gasteiger partial charge < -0.3 is 9.80 Å². The molecule has 0 unspecified atom stereocenters. The molecular formula is C12H18N2O2S2. The Bertz CT molecular complexity index is 390. The lowest BCUT2D eigenvalue weighted by molar-refractivity contribution is -0.159. The molecule has 3 aliphatic heterocycles. The van der Waals surface area contributed by atoms with Gasteiger partial charge in [0.05, 0.1) is 0 Å². The van der Waals surface area contributed by atoms with Gasteiger partial charge in [-0.2, -0.15) is 0 Å². The lowest BCUT2D eigenvalue weighted by Gasteiger charge is -2.46. The maximum atomic E-state index is 12.8. The third-order valence-electron chi connectivity index (χ3n) is 4.05. The van der Waals surface area contributed by atoms with Crippen molar-refractivity contribution in [2.45, 2.75) is 43.5 Å². The minimum absolute atomic E-state index is 0.157. The molecule has 6 heteroatoms. The van der Waals surface area contributed by atoms with Crippen molar-refractivity contribution in [3.8, 4) is 0 Å². The summed E-state index contributed by atoms with van der Waals surface area (Å²) in [6.07, 6.45) is 3.59. The smallest absolute Gasteiger partial charge is 0.260 e. The second-order valence-electron chi connectivity index (χ2n) is 5.02. The molecule has 0 aromatic carbocycles. The van der Waals surface area contributed by atoms with E-state index < -0.39 is 4.87 Å². The molecule has 0 saturated carbocycles. The van der Waals surface area contributed by atoms with Gasteiger partial charge in [0.15, 0.2) is 4.87 Å². The van der Waals surface area contributed by atoms with Crippen LogP contribution < -0.4 is 0 Å². The number of amides is 2. The molecule has 0 aromatic heterocycles. The van der Waals surface area contributed by atoms with Crippen LogP contribution in [0.4, 0.5) is 0 Å². The van der Waals surface area contributed by atoms with Crippen LogP contribution in [0.2, 0.25) is 0 Å². The molecule has 100 valence electrons. The lowest BCUT2D eigenvalue weighted by Crippen LogP contribution is -2.66. The van der Waals surface area contributed by atoms with Gasteiger partial charge in [0.1, 0.15) is 6.04 Å². The van der Waals surface area contributed by atoms with Crippen molar-refractivity contribution >= 4 is 33.4 Å². The van der Waals surface area contributed by atoms with Gasteiger partial charge in [0.25, 0.3) is 5.91 Å². The highest BCUT2D eigenvalue weighted by Gasteiger charge is 2.59. The maximum Gasteiger partial charge on any atom is 0.260 e. The number of piperazine rings is 1. The Kier molecular flexibility index (Phi) is 3.26. The third-order valence-corrected chi connectivity index (χ3v) is 7.16. The summed E-state index contributed by atoms with van der Waals surface area (Å²) >= 11 is 0. The predicted molar refractivity (Wildman–Crippen MR) is 74.1 cm³/mol. The van der Waals surface area contributed by atoms with E-state index in [0.29, 0.717) is 0 Å². The molecule has 3 fully saturated rings. The van der Waals surface area contributed by atoms with Gasteiger partial charge >= 0.3 is 0 Å². The first-order chi connectivity index (χ1) is 8.70. The quantitative estimate of drug-likeness (QED) is 0.741. The molecule has 3 aliphatic rings. The van der Waals surface area contributed by atoms with E-state index in [4.69, 9.17) is 0 Å². The monoisotopic (exact) mass is 286 g/mol. The fourth-order valence-electron chi connectivity index (χ4n) is 3.25. The largest absolute Gasteiger partial charge is 0.328 e. The number of rotatable bonds is 3. The molecule has 0 N–H and O–H groups in total. The normalized spacial score (nSPS) is 35.1. The number of hydrogen-bond donors (Lipinski definition) is 0. The van der Waals surface area contributed by atoms with Crippen LogP contribution in [0.25, 0.3) is 0 Å². The summed E-state index contributed by atoms with van der Waals surface area (Å²) in [6, 6.07) is -0.157. The van der Waals surface area contributed by atoms with E-state index in [-0.39, 0.29) is 17.9 Å². The minimum atomic E-state index is -0.585. The molecule has 4 nitrogen and oxygen atoms in total. The van der Waals surface area contributed by atoms with Gasteiger partial charge in [-0.3, -0.25) is 9.59 Å². The summed E-state index contributed by atoms with van der Waals surface area (Å²) in [4.78, 5) is 28.4. The fraction of sp³-hybridized carbons (Fsp3) is 0.833. The molecule has 0 aliphatic carbocycles. The average molecular weight is 286 g/mol. The van der Waals surface area contributed by atoms with Crippen LogP contribution in [0.1, 0.15) is 32.6 Å². The highest BCUT2D eigenvalue weighted by molar-refractivity contribution is 8.77. The van der Waals surface area contributed by atoms with Crippen LogP contribution in [0.3, 0.4) is 0 Å². The first-order valence-electron chi connectivity index (χ1n) is 6.64. The van der Waals surface area contributed by atoms with E-state index in [2.05, 4.69) is 6.92 Å². The summed E-state index contributed by atoms with van der Waals surface area (Å²) in [5, 5.41) is 0. The van der Waals surface area contributed by atoms with E-state index in [1.54, 1.807) is 21.6 Å². The summed E-state index contributed by atoms with van der Waals surface area (Å²) in [5.74, 6) is 1.34. The zero-order chi connectivity index (χ0) is 12.8. The molecular weight excluding hydrogens is 268 g/mol. The van der Waals surface area contributed by atoms with Crippen molar-refractivity contribution in [1.82, 2.24) is 9.80 Å². The van der Waals surface area contributed by atoms with E-state index >= 15 is 0 Å². The molecule has 3 rings (SSSR count). The van der Waals surface area contributed by atoms with Crippen LogP contribution in [-0.2, 0) is 9.59 Å². The van der Waals surface area contributed by atoms with Gasteiger partial charge in [-0.05, 0) is 25.7 Å². The van der Waals surface area contributed by atoms with Crippen LogP contribution >= 0.6 is 21.6 Å². The van der Waals surface area contributed by atoms with E-state index in [0.717, 1.165) is 44.5 Å². The summed E-state index contributed by atoms with van der Waals surface area (Å²) in [7, 11) is 3.30. The van der Waals surface area contributed by atoms with Crippen molar-refractivity contribution < 1.29 is 9.59 Å². The van der Waals surface area contributed by atoms with Crippen LogP contribution in [0.15, 0.2) is 0 Å². The molecule has 3 saturated heterocycles. The van der Waals surface area contributed by atoms with Crippen molar-refractivity contribution in [1.29, 1.82) is 0 Å². The highest BCUT2D eigenvalue weighted by atomic mass is 33.1. The van der Waals surface area contributed by atoms with Crippen LogP contribution in [0, 0.1) is 0 Å². The molecule has 0 spiro atoms. The summed E-state index contributed by atoms with van der Waals surface area (Å²) in [5.41, 5.74) is 0. The molecule has 18 heavy (non-hydrogen) atoms. The van der Waals surface area contributed by atoms with Gasteiger partial charge in [0, 0.05) is 18.8 Å². The molecule has 0 bridgehead atoms. The number of fused-ring (bicyclic) bond motifs is 2. The third kappa shape index (κ3) is 1.61. The first-order valence-corrected chi connectivity index (χ1v) is 8.96. The fourth-order valence-corrected chi connectivity index (χ4v) is 5.92. The Labute approximate surface area is 115 Å². The molecule has 2 amide bonds. The topological polar surface area (TPSA) is 40.6 Å². The van der Waals surface area contributed by atoms with Crippen molar-refractivity contribution in [3.63, 3.8) is 0 Å². The van der Waals surface area contributed by atoms with Crippen molar-refractivity contribution in [2.75, 3.05) is 18.8 Å². The number of hydrogen-bond acceptors (Lipinski definition) is 4. The summed E-state index contributed by atoms with van der Waals surface area (Å²) < 4.78 is 0. The lowest BCUT2D eigenvalue weighted by atomic mass is 10.1. The van der Waals surface area contributed by atoms with Gasteiger partial charge in [-0.25, -0.2) is 0 Å². The number of carbonyl (C=O) groups excluding carboxylic acids is 2. The zero-order valence-corrected chi connectivity index (χ0v) is 12.2. The van der Waals surface area contributed by atoms with Crippen molar-refractivity contribution in [2.24, 2.45) is 0 Å². The van der Waals surface area contributed by atoms with E-state index in [1.807, 2.05) is 9.80 Å². The first kappa shape index (κ1) is 12.7. The average Bonchev–Trinajstić information content (AvgIpc) is 3.01. The zero-order valence-electron chi connectivity index (χ0n) is 10.6.